The van der Waals surface area contributed by atoms with Crippen LogP contribution in [0.15, 0.2) is 30.3 Å². The largest absolute Gasteiger partial charge is 0.296 e. The van der Waals surface area contributed by atoms with E-state index in [4.69, 9.17) is 0 Å². The molecule has 0 aromatic heterocycles. The quantitative estimate of drug-likeness (QED) is 0.730. The zero-order valence-electron chi connectivity index (χ0n) is 10.1. The molecule has 1 aliphatic heterocycles. The van der Waals surface area contributed by atoms with E-state index >= 15 is 0 Å². The van der Waals surface area contributed by atoms with E-state index in [9.17, 15) is 0 Å². The lowest BCUT2D eigenvalue weighted by atomic mass is 10.0. The Bertz CT molecular complexity index is 334. The molecule has 1 heteroatoms. The minimum Gasteiger partial charge on any atom is -0.296 e. The van der Waals surface area contributed by atoms with Crippen molar-refractivity contribution in [2.24, 2.45) is 11.8 Å². The van der Waals surface area contributed by atoms with Crippen LogP contribution in [0.5, 0.6) is 0 Å². The zero-order valence-corrected chi connectivity index (χ0v) is 10.1. The average molecular weight is 215 g/mol. The number of rotatable bonds is 2. The Morgan fingerprint density at radius 2 is 1.69 bits per heavy atom. The molecule has 0 bridgehead atoms. The van der Waals surface area contributed by atoms with E-state index in [0.717, 1.165) is 11.8 Å². The summed E-state index contributed by atoms with van der Waals surface area (Å²) in [7, 11) is 0. The molecule has 1 heterocycles. The lowest BCUT2D eigenvalue weighted by Crippen LogP contribution is -2.25. The van der Waals surface area contributed by atoms with E-state index in [0.29, 0.717) is 6.04 Å². The molecule has 86 valence electrons. The molecule has 1 aromatic rings. The van der Waals surface area contributed by atoms with Crippen LogP contribution in [0.3, 0.4) is 0 Å². The highest BCUT2D eigenvalue weighted by Gasteiger charge is 2.37. The summed E-state index contributed by atoms with van der Waals surface area (Å²) in [5, 5.41) is 0. The molecule has 2 aliphatic rings. The molecule has 3 unspecified atom stereocenters. The highest BCUT2D eigenvalue weighted by atomic mass is 15.2. The van der Waals surface area contributed by atoms with Crippen LogP contribution in [0.2, 0.25) is 0 Å². The molecule has 16 heavy (non-hydrogen) atoms. The van der Waals surface area contributed by atoms with E-state index < -0.39 is 0 Å². The smallest absolute Gasteiger partial charge is 0.0320 e. The summed E-state index contributed by atoms with van der Waals surface area (Å²) in [6, 6.07) is 11.5. The van der Waals surface area contributed by atoms with E-state index in [-0.39, 0.29) is 0 Å². The zero-order chi connectivity index (χ0) is 11.0. The van der Waals surface area contributed by atoms with Crippen molar-refractivity contribution in [3.63, 3.8) is 0 Å². The van der Waals surface area contributed by atoms with Crippen molar-refractivity contribution < 1.29 is 0 Å². The summed E-state index contributed by atoms with van der Waals surface area (Å²) in [5.74, 6) is 2.01. The van der Waals surface area contributed by atoms with E-state index in [1.807, 2.05) is 0 Å². The van der Waals surface area contributed by atoms with Gasteiger partial charge < -0.3 is 0 Å². The van der Waals surface area contributed by atoms with Crippen molar-refractivity contribution in [2.45, 2.75) is 32.2 Å². The van der Waals surface area contributed by atoms with Crippen molar-refractivity contribution in [1.29, 1.82) is 0 Å². The Kier molecular flexibility index (Phi) is 2.72. The first-order valence-electron chi connectivity index (χ1n) is 6.63. The maximum atomic E-state index is 2.68. The molecule has 3 rings (SSSR count). The van der Waals surface area contributed by atoms with Crippen LogP contribution in [0.4, 0.5) is 0 Å². The van der Waals surface area contributed by atoms with Crippen molar-refractivity contribution in [1.82, 2.24) is 4.90 Å². The maximum Gasteiger partial charge on any atom is 0.0320 e. The standard InChI is InChI=1S/C15H21N/c1-12(13-6-3-2-4-7-13)16-10-14-8-5-9-15(14)11-16/h2-4,6-7,12,14-15H,5,8-11H2,1H3. The van der Waals surface area contributed by atoms with Gasteiger partial charge in [-0.15, -0.1) is 0 Å². The third-order valence-electron chi connectivity index (χ3n) is 4.58. The molecular formula is C15H21N. The molecule has 1 aliphatic carbocycles. The van der Waals surface area contributed by atoms with Crippen LogP contribution < -0.4 is 0 Å². The Morgan fingerprint density at radius 3 is 2.31 bits per heavy atom. The summed E-state index contributed by atoms with van der Waals surface area (Å²) in [4.78, 5) is 2.68. The van der Waals surface area contributed by atoms with Gasteiger partial charge in [-0.05, 0) is 37.2 Å². The van der Waals surface area contributed by atoms with Gasteiger partial charge in [-0.1, -0.05) is 36.8 Å². The molecule has 1 saturated heterocycles. The van der Waals surface area contributed by atoms with E-state index in [2.05, 4.69) is 42.2 Å². The van der Waals surface area contributed by atoms with Crippen molar-refractivity contribution >= 4 is 0 Å². The number of fused-ring (bicyclic) bond motifs is 1. The van der Waals surface area contributed by atoms with Gasteiger partial charge in [0.05, 0.1) is 0 Å². The van der Waals surface area contributed by atoms with Crippen molar-refractivity contribution in [3.8, 4) is 0 Å². The third-order valence-corrected chi connectivity index (χ3v) is 4.58. The first-order chi connectivity index (χ1) is 7.84. The molecule has 1 saturated carbocycles. The molecule has 1 nitrogen and oxygen atoms in total. The number of benzene rings is 1. The van der Waals surface area contributed by atoms with Gasteiger partial charge >= 0.3 is 0 Å². The number of nitrogens with zero attached hydrogens (tertiary/aromatic N) is 1. The van der Waals surface area contributed by atoms with Crippen LogP contribution in [-0.2, 0) is 0 Å². The predicted molar refractivity (Wildman–Crippen MR) is 67.3 cm³/mol. The van der Waals surface area contributed by atoms with Crippen LogP contribution in [0.1, 0.15) is 37.8 Å². The lowest BCUT2D eigenvalue weighted by Gasteiger charge is -2.25. The summed E-state index contributed by atoms with van der Waals surface area (Å²) >= 11 is 0. The summed E-state index contributed by atoms with van der Waals surface area (Å²) in [5.41, 5.74) is 1.47. The van der Waals surface area contributed by atoms with Gasteiger partial charge in [0.1, 0.15) is 0 Å². The molecule has 0 radical (unpaired) electrons. The van der Waals surface area contributed by atoms with Gasteiger partial charge in [-0.3, -0.25) is 4.90 Å². The minimum absolute atomic E-state index is 0.604. The normalized spacial score (nSPS) is 31.6. The second-order valence-electron chi connectivity index (χ2n) is 5.49. The topological polar surface area (TPSA) is 3.24 Å². The van der Waals surface area contributed by atoms with Gasteiger partial charge in [-0.25, -0.2) is 0 Å². The van der Waals surface area contributed by atoms with E-state index in [1.54, 1.807) is 0 Å². The number of hydrogen-bond donors (Lipinski definition) is 0. The number of hydrogen-bond acceptors (Lipinski definition) is 1. The fourth-order valence-electron chi connectivity index (χ4n) is 3.53. The summed E-state index contributed by atoms with van der Waals surface area (Å²) in [6.45, 7) is 5.03. The average Bonchev–Trinajstić information content (AvgIpc) is 2.89. The van der Waals surface area contributed by atoms with Crippen LogP contribution >= 0.6 is 0 Å². The van der Waals surface area contributed by atoms with Crippen molar-refractivity contribution in [3.05, 3.63) is 35.9 Å². The Labute approximate surface area is 98.5 Å². The first-order valence-corrected chi connectivity index (χ1v) is 6.63. The fourth-order valence-corrected chi connectivity index (χ4v) is 3.53. The molecule has 0 amide bonds. The van der Waals surface area contributed by atoms with Gasteiger partial charge in [-0.2, -0.15) is 0 Å². The summed E-state index contributed by atoms with van der Waals surface area (Å²) < 4.78 is 0. The van der Waals surface area contributed by atoms with Crippen LogP contribution in [-0.4, -0.2) is 18.0 Å². The molecular weight excluding hydrogens is 194 g/mol. The van der Waals surface area contributed by atoms with Gasteiger partial charge in [0, 0.05) is 19.1 Å². The van der Waals surface area contributed by atoms with Crippen LogP contribution in [0, 0.1) is 11.8 Å². The summed E-state index contributed by atoms with van der Waals surface area (Å²) in [6.07, 6.45) is 4.42. The molecule has 0 N–H and O–H groups in total. The second-order valence-corrected chi connectivity index (χ2v) is 5.49. The number of likely N-dealkylation sites (tertiary alicyclic amines) is 1. The first kappa shape index (κ1) is 10.3. The fraction of sp³-hybridized carbons (Fsp3) is 0.600. The van der Waals surface area contributed by atoms with Gasteiger partial charge in [0.25, 0.3) is 0 Å². The molecule has 3 atom stereocenters. The molecule has 0 spiro atoms. The second kappa shape index (κ2) is 4.21. The highest BCUT2D eigenvalue weighted by Crippen LogP contribution is 2.40. The van der Waals surface area contributed by atoms with Crippen LogP contribution in [0.25, 0.3) is 0 Å². The SMILES string of the molecule is CC(c1ccccc1)N1CC2CCCC2C1. The molecule has 2 fully saturated rings. The van der Waals surface area contributed by atoms with E-state index in [1.165, 1.54) is 37.9 Å². The van der Waals surface area contributed by atoms with Crippen molar-refractivity contribution in [2.75, 3.05) is 13.1 Å². The van der Waals surface area contributed by atoms with Gasteiger partial charge in [0.15, 0.2) is 0 Å². The lowest BCUT2D eigenvalue weighted by molar-refractivity contribution is 0.242. The third kappa shape index (κ3) is 1.78. The molecule has 1 aromatic carbocycles. The maximum absolute atomic E-state index is 2.68. The monoisotopic (exact) mass is 215 g/mol. The minimum atomic E-state index is 0.604. The Hall–Kier alpha value is -0.820. The Balaban J connectivity index is 1.71. The highest BCUT2D eigenvalue weighted by molar-refractivity contribution is 5.18. The Morgan fingerprint density at radius 1 is 1.06 bits per heavy atom. The predicted octanol–water partition coefficient (Wildman–Crippen LogP) is 3.48. The van der Waals surface area contributed by atoms with Gasteiger partial charge in [0.2, 0.25) is 0 Å².